The average molecular weight is 258 g/mol. The summed E-state index contributed by atoms with van der Waals surface area (Å²) in [6.07, 6.45) is 6.67. The van der Waals surface area contributed by atoms with Crippen LogP contribution in [0.25, 0.3) is 0 Å². The molecule has 1 aromatic carbocycles. The van der Waals surface area contributed by atoms with Gasteiger partial charge >= 0.3 is 0 Å². The van der Waals surface area contributed by atoms with Crippen LogP contribution < -0.4 is 10.6 Å². The van der Waals surface area contributed by atoms with Crippen LogP contribution in [0.3, 0.4) is 0 Å². The van der Waals surface area contributed by atoms with Crippen molar-refractivity contribution in [3.05, 3.63) is 29.8 Å². The van der Waals surface area contributed by atoms with Crippen molar-refractivity contribution in [2.75, 3.05) is 11.4 Å². The van der Waals surface area contributed by atoms with Crippen LogP contribution in [0.2, 0.25) is 0 Å². The lowest BCUT2D eigenvalue weighted by molar-refractivity contribution is -0.123. The maximum Gasteiger partial charge on any atom is 0.230 e. The van der Waals surface area contributed by atoms with Gasteiger partial charge in [0.1, 0.15) is 0 Å². The molecule has 2 aliphatic rings. The highest BCUT2D eigenvalue weighted by atomic mass is 16.2. The summed E-state index contributed by atoms with van der Waals surface area (Å²) < 4.78 is 0. The molecule has 1 fully saturated rings. The van der Waals surface area contributed by atoms with E-state index in [0.717, 1.165) is 37.1 Å². The topological polar surface area (TPSA) is 46.3 Å². The highest BCUT2D eigenvalue weighted by Crippen LogP contribution is 2.35. The van der Waals surface area contributed by atoms with Crippen LogP contribution in [-0.2, 0) is 4.79 Å². The van der Waals surface area contributed by atoms with E-state index in [9.17, 15) is 4.79 Å². The van der Waals surface area contributed by atoms with Gasteiger partial charge in [0, 0.05) is 24.2 Å². The van der Waals surface area contributed by atoms with Gasteiger partial charge in [0.15, 0.2) is 0 Å². The largest absolute Gasteiger partial charge is 0.324 e. The molecule has 0 bridgehead atoms. The number of nitrogens with zero attached hydrogens (tertiary/aromatic N) is 1. The monoisotopic (exact) mass is 258 g/mol. The van der Waals surface area contributed by atoms with Gasteiger partial charge in [0.2, 0.25) is 5.91 Å². The first-order chi connectivity index (χ1) is 9.27. The third-order valence-electron chi connectivity index (χ3n) is 4.51. The molecule has 1 aliphatic heterocycles. The van der Waals surface area contributed by atoms with Gasteiger partial charge in [-0.2, -0.15) is 0 Å². The molecule has 3 rings (SSSR count). The second-order valence-corrected chi connectivity index (χ2v) is 5.78. The fourth-order valence-corrected chi connectivity index (χ4v) is 3.39. The Hall–Kier alpha value is -1.35. The minimum Gasteiger partial charge on any atom is -0.324 e. The quantitative estimate of drug-likeness (QED) is 0.841. The van der Waals surface area contributed by atoms with E-state index in [4.69, 9.17) is 5.73 Å². The molecule has 1 aromatic rings. The Morgan fingerprint density at radius 2 is 1.84 bits per heavy atom. The number of rotatable bonds is 1. The van der Waals surface area contributed by atoms with Crippen molar-refractivity contribution in [1.82, 2.24) is 0 Å². The molecule has 19 heavy (non-hydrogen) atoms. The average Bonchev–Trinajstić information content (AvgIpc) is 2.48. The fraction of sp³-hybridized carbons (Fsp3) is 0.562. The smallest absolute Gasteiger partial charge is 0.230 e. The van der Waals surface area contributed by atoms with Crippen molar-refractivity contribution >= 4 is 11.6 Å². The first kappa shape index (κ1) is 12.7. The molecule has 0 saturated heterocycles. The van der Waals surface area contributed by atoms with Crippen LogP contribution in [0, 0.1) is 5.92 Å². The molecule has 1 unspecified atom stereocenters. The van der Waals surface area contributed by atoms with Crippen molar-refractivity contribution in [3.63, 3.8) is 0 Å². The Kier molecular flexibility index (Phi) is 3.56. The van der Waals surface area contributed by atoms with E-state index in [1.54, 1.807) is 0 Å². The number of hydrogen-bond donors (Lipinski definition) is 1. The van der Waals surface area contributed by atoms with Crippen LogP contribution in [0.4, 0.5) is 5.69 Å². The second-order valence-electron chi connectivity index (χ2n) is 5.78. The Labute approximate surface area is 114 Å². The summed E-state index contributed by atoms with van der Waals surface area (Å²) in [7, 11) is 0. The van der Waals surface area contributed by atoms with Crippen molar-refractivity contribution in [1.29, 1.82) is 0 Å². The number of anilines is 1. The molecule has 0 spiro atoms. The SMILES string of the molecule is NC1CCN(C(=O)C2CCCCC2)c2ccccc21. The Bertz CT molecular complexity index is 466. The number of nitrogens with two attached hydrogens (primary N) is 1. The predicted molar refractivity (Wildman–Crippen MR) is 76.9 cm³/mol. The molecule has 0 radical (unpaired) electrons. The van der Waals surface area contributed by atoms with Gasteiger partial charge in [-0.1, -0.05) is 37.5 Å². The van der Waals surface area contributed by atoms with Crippen molar-refractivity contribution in [3.8, 4) is 0 Å². The number of fused-ring (bicyclic) bond motifs is 1. The standard InChI is InChI=1S/C16H22N2O/c17-14-10-11-18(15-9-5-4-8-13(14)15)16(19)12-6-2-1-3-7-12/h4-5,8-9,12,14H,1-3,6-7,10-11,17H2. The van der Waals surface area contributed by atoms with Gasteiger partial charge in [-0.3, -0.25) is 4.79 Å². The van der Waals surface area contributed by atoms with Crippen LogP contribution in [0.15, 0.2) is 24.3 Å². The Balaban J connectivity index is 1.85. The second kappa shape index (κ2) is 5.33. The summed E-state index contributed by atoms with van der Waals surface area (Å²) in [6.45, 7) is 0.771. The molecule has 1 saturated carbocycles. The number of hydrogen-bond acceptors (Lipinski definition) is 2. The van der Waals surface area contributed by atoms with E-state index in [0.29, 0.717) is 5.91 Å². The highest BCUT2D eigenvalue weighted by Gasteiger charge is 2.31. The van der Waals surface area contributed by atoms with Crippen molar-refractivity contribution < 1.29 is 4.79 Å². The fourth-order valence-electron chi connectivity index (χ4n) is 3.39. The molecule has 1 atom stereocenters. The number of benzene rings is 1. The molecule has 1 aliphatic carbocycles. The van der Waals surface area contributed by atoms with E-state index in [-0.39, 0.29) is 12.0 Å². The van der Waals surface area contributed by atoms with Gasteiger partial charge in [0.25, 0.3) is 0 Å². The highest BCUT2D eigenvalue weighted by molar-refractivity contribution is 5.96. The number of para-hydroxylation sites is 1. The molecule has 3 nitrogen and oxygen atoms in total. The summed E-state index contributed by atoms with van der Waals surface area (Å²) >= 11 is 0. The molecule has 2 N–H and O–H groups in total. The van der Waals surface area contributed by atoms with Gasteiger partial charge < -0.3 is 10.6 Å². The lowest BCUT2D eigenvalue weighted by atomic mass is 9.87. The first-order valence-electron chi connectivity index (χ1n) is 7.43. The Morgan fingerprint density at radius 1 is 1.11 bits per heavy atom. The van der Waals surface area contributed by atoms with Crippen molar-refractivity contribution in [2.45, 2.75) is 44.6 Å². The van der Waals surface area contributed by atoms with Gasteiger partial charge in [-0.25, -0.2) is 0 Å². The van der Waals surface area contributed by atoms with Crippen LogP contribution in [0.1, 0.15) is 50.1 Å². The molecule has 1 amide bonds. The maximum absolute atomic E-state index is 12.7. The third-order valence-corrected chi connectivity index (χ3v) is 4.51. The van der Waals surface area contributed by atoms with Crippen molar-refractivity contribution in [2.24, 2.45) is 11.7 Å². The zero-order chi connectivity index (χ0) is 13.2. The van der Waals surface area contributed by atoms with Gasteiger partial charge in [-0.15, -0.1) is 0 Å². The van der Waals surface area contributed by atoms with Gasteiger partial charge in [0.05, 0.1) is 0 Å². The van der Waals surface area contributed by atoms with Crippen LogP contribution in [-0.4, -0.2) is 12.5 Å². The van der Waals surface area contributed by atoms with Gasteiger partial charge in [-0.05, 0) is 30.9 Å². The number of amides is 1. The van der Waals surface area contributed by atoms with E-state index in [1.165, 1.54) is 19.3 Å². The van der Waals surface area contributed by atoms with E-state index in [1.807, 2.05) is 23.1 Å². The minimum atomic E-state index is 0.0756. The first-order valence-corrected chi connectivity index (χ1v) is 7.43. The summed E-state index contributed by atoms with van der Waals surface area (Å²) in [5.74, 6) is 0.551. The Morgan fingerprint density at radius 3 is 2.63 bits per heavy atom. The number of carbonyl (C=O) groups is 1. The maximum atomic E-state index is 12.7. The van der Waals surface area contributed by atoms with E-state index < -0.39 is 0 Å². The molecule has 1 heterocycles. The third kappa shape index (κ3) is 2.39. The lowest BCUT2D eigenvalue weighted by Crippen LogP contribution is -2.42. The molecular formula is C16H22N2O. The number of carbonyl (C=O) groups excluding carboxylic acids is 1. The van der Waals surface area contributed by atoms with Crippen LogP contribution >= 0.6 is 0 Å². The predicted octanol–water partition coefficient (Wildman–Crippen LogP) is 3.00. The normalized spacial score (nSPS) is 24.1. The summed E-state index contributed by atoms with van der Waals surface area (Å²) in [5, 5.41) is 0. The van der Waals surface area contributed by atoms with Crippen LogP contribution in [0.5, 0.6) is 0 Å². The van der Waals surface area contributed by atoms with E-state index in [2.05, 4.69) is 6.07 Å². The summed E-state index contributed by atoms with van der Waals surface area (Å²) in [6, 6.07) is 8.17. The molecule has 0 aromatic heterocycles. The zero-order valence-corrected chi connectivity index (χ0v) is 11.3. The summed E-state index contributed by atoms with van der Waals surface area (Å²) in [4.78, 5) is 14.7. The summed E-state index contributed by atoms with van der Waals surface area (Å²) in [5.41, 5.74) is 8.31. The zero-order valence-electron chi connectivity index (χ0n) is 11.3. The molecule has 3 heteroatoms. The van der Waals surface area contributed by atoms with E-state index >= 15 is 0 Å². The lowest BCUT2D eigenvalue weighted by Gasteiger charge is -2.35. The molecular weight excluding hydrogens is 236 g/mol. The molecule has 102 valence electrons. The minimum absolute atomic E-state index is 0.0756.